The molecule has 36 heavy (non-hydrogen) atoms. The number of hydrogen-bond donors (Lipinski definition) is 1. The van der Waals surface area contributed by atoms with Gasteiger partial charge in [0.25, 0.3) is 15.9 Å². The van der Waals surface area contributed by atoms with Gasteiger partial charge in [-0.15, -0.1) is 0 Å². The highest BCUT2D eigenvalue weighted by Crippen LogP contribution is 2.28. The number of rotatable bonds is 9. The first kappa shape index (κ1) is 27.1. The zero-order chi connectivity index (χ0) is 26.5. The largest absolute Gasteiger partial charge is 0.497 e. The zero-order valence-corrected chi connectivity index (χ0v) is 21.7. The molecule has 0 atom stereocenters. The molecule has 0 aliphatic heterocycles. The van der Waals surface area contributed by atoms with E-state index >= 15 is 0 Å². The summed E-state index contributed by atoms with van der Waals surface area (Å²) in [6, 6.07) is 16.6. The lowest BCUT2D eigenvalue weighted by Crippen LogP contribution is -2.33. The van der Waals surface area contributed by atoms with Gasteiger partial charge >= 0.3 is 5.97 Å². The molecule has 0 aliphatic rings. The van der Waals surface area contributed by atoms with Crippen LogP contribution in [0, 0.1) is 0 Å². The number of methoxy groups -OCH3 is 2. The Hall–Kier alpha value is -3.53. The predicted molar refractivity (Wildman–Crippen MR) is 138 cm³/mol. The van der Waals surface area contributed by atoms with Gasteiger partial charge in [-0.2, -0.15) is 0 Å². The number of ether oxygens (including phenoxy) is 2. The molecular weight excluding hydrogens is 527 g/mol. The smallest absolute Gasteiger partial charge is 0.354 e. The number of sulfonamides is 1. The van der Waals surface area contributed by atoms with Crippen LogP contribution < -0.4 is 10.1 Å². The van der Waals surface area contributed by atoms with E-state index in [2.05, 4.69) is 11.9 Å². The Morgan fingerprint density at radius 3 is 2.28 bits per heavy atom. The molecule has 0 heterocycles. The van der Waals surface area contributed by atoms with Crippen LogP contribution in [0.2, 0.25) is 10.0 Å². The second kappa shape index (κ2) is 11.5. The molecule has 1 N–H and O–H groups in total. The molecule has 3 rings (SSSR count). The van der Waals surface area contributed by atoms with E-state index in [-0.39, 0.29) is 22.0 Å². The molecule has 3 aromatic rings. The predicted octanol–water partition coefficient (Wildman–Crippen LogP) is 5.13. The number of carbonyl (C=O) groups is 2. The molecule has 0 bridgehead atoms. The van der Waals surface area contributed by atoms with Gasteiger partial charge in [-0.1, -0.05) is 48.0 Å². The van der Waals surface area contributed by atoms with Gasteiger partial charge in [-0.25, -0.2) is 13.2 Å². The Labute approximate surface area is 219 Å². The number of hydrogen-bond acceptors (Lipinski definition) is 6. The Balaban J connectivity index is 1.99. The van der Waals surface area contributed by atoms with Gasteiger partial charge in [0.2, 0.25) is 0 Å². The van der Waals surface area contributed by atoms with Crippen molar-refractivity contribution in [3.8, 4) is 5.75 Å². The van der Waals surface area contributed by atoms with Crippen LogP contribution in [0.5, 0.6) is 5.75 Å². The van der Waals surface area contributed by atoms with Crippen LogP contribution in [-0.2, 0) is 26.1 Å². The molecule has 0 aromatic heterocycles. The van der Waals surface area contributed by atoms with Gasteiger partial charge in [-0.3, -0.25) is 9.10 Å². The average molecular weight is 549 g/mol. The Kier molecular flexibility index (Phi) is 8.62. The number of esters is 1. The minimum atomic E-state index is -4.26. The second-order valence-electron chi connectivity index (χ2n) is 7.36. The zero-order valence-electron chi connectivity index (χ0n) is 19.3. The van der Waals surface area contributed by atoms with Crippen LogP contribution in [0.3, 0.4) is 0 Å². The molecule has 0 unspecified atom stereocenters. The van der Waals surface area contributed by atoms with Crippen molar-refractivity contribution in [2.45, 2.75) is 11.4 Å². The molecule has 3 aromatic carbocycles. The third kappa shape index (κ3) is 5.99. The molecule has 0 saturated carbocycles. The summed E-state index contributed by atoms with van der Waals surface area (Å²) >= 11 is 12.1. The maximum atomic E-state index is 13.5. The van der Waals surface area contributed by atoms with E-state index in [1.54, 1.807) is 24.3 Å². The summed E-state index contributed by atoms with van der Waals surface area (Å²) in [7, 11) is -1.68. The van der Waals surface area contributed by atoms with Crippen molar-refractivity contribution < 1.29 is 27.5 Å². The fraction of sp³-hybridized carbons (Fsp3) is 0.120. The second-order valence-corrected chi connectivity index (χ2v) is 10.1. The number of benzene rings is 3. The summed E-state index contributed by atoms with van der Waals surface area (Å²) in [5.74, 6) is -0.997. The first-order valence-electron chi connectivity index (χ1n) is 10.4. The number of anilines is 1. The summed E-state index contributed by atoms with van der Waals surface area (Å²) in [6.07, 6.45) is 0. The highest BCUT2D eigenvalue weighted by molar-refractivity contribution is 7.89. The van der Waals surface area contributed by atoms with E-state index in [4.69, 9.17) is 32.7 Å². The van der Waals surface area contributed by atoms with Crippen molar-refractivity contribution in [3.63, 3.8) is 0 Å². The van der Waals surface area contributed by atoms with Gasteiger partial charge in [0.15, 0.2) is 0 Å². The number of amides is 1. The van der Waals surface area contributed by atoms with E-state index in [1.165, 1.54) is 49.6 Å². The number of nitrogens with zero attached hydrogens (tertiary/aromatic N) is 1. The minimum absolute atomic E-state index is 0.0946. The molecule has 8 nitrogen and oxygen atoms in total. The lowest BCUT2D eigenvalue weighted by Gasteiger charge is -2.26. The van der Waals surface area contributed by atoms with Crippen LogP contribution in [-0.4, -0.2) is 38.8 Å². The number of halogens is 2. The maximum absolute atomic E-state index is 13.5. The fourth-order valence-electron chi connectivity index (χ4n) is 3.22. The number of para-hydroxylation sites is 1. The summed E-state index contributed by atoms with van der Waals surface area (Å²) in [5, 5.41) is 3.26. The summed E-state index contributed by atoms with van der Waals surface area (Å²) in [5.41, 5.74) is 0.465. The average Bonchev–Trinajstić information content (AvgIpc) is 2.87. The van der Waals surface area contributed by atoms with Crippen LogP contribution >= 0.6 is 23.2 Å². The highest BCUT2D eigenvalue weighted by Gasteiger charge is 2.30. The molecule has 11 heteroatoms. The van der Waals surface area contributed by atoms with Crippen molar-refractivity contribution >= 4 is 50.8 Å². The molecule has 0 radical (unpaired) electrons. The van der Waals surface area contributed by atoms with Crippen LogP contribution in [0.25, 0.3) is 0 Å². The van der Waals surface area contributed by atoms with Gasteiger partial charge in [0, 0.05) is 10.7 Å². The van der Waals surface area contributed by atoms with E-state index in [0.717, 1.165) is 11.4 Å². The van der Waals surface area contributed by atoms with Gasteiger partial charge in [-0.05, 0) is 54.1 Å². The van der Waals surface area contributed by atoms with Crippen molar-refractivity contribution in [2.24, 2.45) is 0 Å². The monoisotopic (exact) mass is 548 g/mol. The summed E-state index contributed by atoms with van der Waals surface area (Å²) in [6.45, 7) is 3.31. The molecule has 1 amide bonds. The van der Waals surface area contributed by atoms with Crippen LogP contribution in [0.4, 0.5) is 5.69 Å². The van der Waals surface area contributed by atoms with E-state index in [9.17, 15) is 18.0 Å². The Bertz CT molecular complexity index is 1410. The van der Waals surface area contributed by atoms with E-state index < -0.39 is 27.6 Å². The number of nitrogens with one attached hydrogen (secondary N) is 1. The molecule has 0 aliphatic carbocycles. The Morgan fingerprint density at radius 1 is 1.00 bits per heavy atom. The first-order chi connectivity index (χ1) is 17.1. The SMILES string of the molecule is C=C(C(=O)OC)N(Cc1ccccc1NC(=O)c1ccc(Cl)cc1Cl)S(=O)(=O)c1ccc(OC)cc1. The molecule has 0 spiro atoms. The van der Waals surface area contributed by atoms with E-state index in [0.29, 0.717) is 22.0 Å². The normalized spacial score (nSPS) is 10.9. The fourth-order valence-corrected chi connectivity index (χ4v) is 5.12. The maximum Gasteiger partial charge on any atom is 0.354 e. The lowest BCUT2D eigenvalue weighted by atomic mass is 10.1. The Morgan fingerprint density at radius 2 is 1.67 bits per heavy atom. The lowest BCUT2D eigenvalue weighted by molar-refractivity contribution is -0.137. The summed E-state index contributed by atoms with van der Waals surface area (Å²) in [4.78, 5) is 25.1. The quantitative estimate of drug-likeness (QED) is 0.293. The number of carbonyl (C=O) groups excluding carboxylic acids is 2. The topological polar surface area (TPSA) is 102 Å². The van der Waals surface area contributed by atoms with Gasteiger partial charge in [0.1, 0.15) is 11.4 Å². The first-order valence-corrected chi connectivity index (χ1v) is 12.6. The van der Waals surface area contributed by atoms with Gasteiger partial charge in [0.05, 0.1) is 36.2 Å². The third-order valence-corrected chi connectivity index (χ3v) is 7.47. The van der Waals surface area contributed by atoms with Crippen molar-refractivity contribution in [3.05, 3.63) is 100 Å². The summed E-state index contributed by atoms with van der Waals surface area (Å²) < 4.78 is 37.7. The van der Waals surface area contributed by atoms with Gasteiger partial charge < -0.3 is 14.8 Å². The van der Waals surface area contributed by atoms with Crippen LogP contribution in [0.15, 0.2) is 83.9 Å². The highest BCUT2D eigenvalue weighted by atomic mass is 35.5. The van der Waals surface area contributed by atoms with Crippen molar-refractivity contribution in [1.29, 1.82) is 0 Å². The van der Waals surface area contributed by atoms with Crippen molar-refractivity contribution in [1.82, 2.24) is 4.31 Å². The molecule has 188 valence electrons. The standard InChI is InChI=1S/C25H22Cl2N2O6S/c1-16(25(31)35-3)29(36(32,33)20-11-9-19(34-2)10-12-20)15-17-6-4-5-7-23(17)28-24(30)21-13-8-18(26)14-22(21)27/h4-14H,1,15H2,2-3H3,(H,28,30). The molecule has 0 saturated heterocycles. The third-order valence-electron chi connectivity index (χ3n) is 5.12. The minimum Gasteiger partial charge on any atom is -0.497 e. The molecular formula is C25H22Cl2N2O6S. The van der Waals surface area contributed by atoms with Crippen LogP contribution in [0.1, 0.15) is 15.9 Å². The van der Waals surface area contributed by atoms with Crippen molar-refractivity contribution in [2.75, 3.05) is 19.5 Å². The van der Waals surface area contributed by atoms with E-state index in [1.807, 2.05) is 0 Å². The molecule has 0 fully saturated rings.